The van der Waals surface area contributed by atoms with E-state index in [2.05, 4.69) is 10.2 Å². The van der Waals surface area contributed by atoms with Crippen molar-refractivity contribution in [3.8, 4) is 0 Å². The molecule has 1 aliphatic rings. The minimum absolute atomic E-state index is 0.345. The van der Waals surface area contributed by atoms with E-state index < -0.39 is 12.0 Å². The molecule has 5 nitrogen and oxygen atoms in total. The quantitative estimate of drug-likeness (QED) is 0.833. The molecule has 1 unspecified atom stereocenters. The van der Waals surface area contributed by atoms with E-state index in [4.69, 9.17) is 5.11 Å². The Morgan fingerprint density at radius 1 is 1.44 bits per heavy atom. The zero-order valence-electron chi connectivity index (χ0n) is 10.4. The molecule has 18 heavy (non-hydrogen) atoms. The van der Waals surface area contributed by atoms with Crippen LogP contribution < -0.4 is 10.2 Å². The molecule has 0 radical (unpaired) electrons. The van der Waals surface area contributed by atoms with Gasteiger partial charge in [0.1, 0.15) is 6.04 Å². The van der Waals surface area contributed by atoms with Gasteiger partial charge in [-0.15, -0.1) is 0 Å². The smallest absolute Gasteiger partial charge is 0.325 e. The van der Waals surface area contributed by atoms with Gasteiger partial charge in [-0.3, -0.25) is 9.59 Å². The highest BCUT2D eigenvalue weighted by atomic mass is 16.4. The van der Waals surface area contributed by atoms with Gasteiger partial charge in [0.15, 0.2) is 0 Å². The highest BCUT2D eigenvalue weighted by Gasteiger charge is 2.19. The Bertz CT molecular complexity index is 499. The van der Waals surface area contributed by atoms with E-state index in [0.717, 1.165) is 24.2 Å². The maximum absolute atomic E-state index is 11.9. The van der Waals surface area contributed by atoms with Crippen molar-refractivity contribution in [1.82, 2.24) is 5.32 Å². The number of fused-ring (bicyclic) bond motifs is 1. The summed E-state index contributed by atoms with van der Waals surface area (Å²) in [5, 5.41) is 11.2. The molecule has 0 aromatic heterocycles. The lowest BCUT2D eigenvalue weighted by Crippen LogP contribution is -2.38. The summed E-state index contributed by atoms with van der Waals surface area (Å²) in [5.74, 6) is -1.38. The van der Waals surface area contributed by atoms with Gasteiger partial charge >= 0.3 is 5.97 Å². The minimum atomic E-state index is -1.04. The number of nitrogens with one attached hydrogen (secondary N) is 1. The predicted molar refractivity (Wildman–Crippen MR) is 68.0 cm³/mol. The number of benzene rings is 1. The number of hydrogen-bond acceptors (Lipinski definition) is 3. The number of carboxylic acid groups (broad SMARTS) is 1. The fraction of sp³-hybridized carbons (Fsp3) is 0.385. The number of anilines is 1. The topological polar surface area (TPSA) is 69.6 Å². The van der Waals surface area contributed by atoms with Gasteiger partial charge in [0.2, 0.25) is 0 Å². The molecule has 0 saturated carbocycles. The van der Waals surface area contributed by atoms with Gasteiger partial charge in [-0.2, -0.15) is 0 Å². The fourth-order valence-electron chi connectivity index (χ4n) is 2.05. The number of carboxylic acids is 1. The third kappa shape index (κ3) is 2.30. The van der Waals surface area contributed by atoms with Crippen LogP contribution in [0.2, 0.25) is 0 Å². The van der Waals surface area contributed by atoms with Gasteiger partial charge in [-0.1, -0.05) is 0 Å². The predicted octanol–water partition coefficient (Wildman–Crippen LogP) is 0.882. The second-order valence-corrected chi connectivity index (χ2v) is 4.55. The van der Waals surface area contributed by atoms with Crippen LogP contribution in [0.15, 0.2) is 18.2 Å². The monoisotopic (exact) mass is 248 g/mol. The lowest BCUT2D eigenvalue weighted by atomic mass is 10.1. The second kappa shape index (κ2) is 4.68. The van der Waals surface area contributed by atoms with E-state index in [1.165, 1.54) is 6.92 Å². The first kappa shape index (κ1) is 12.4. The standard InChI is InChI=1S/C13H16N2O3/c1-8(13(17)18)14-12(16)10-3-4-11-9(7-10)5-6-15(11)2/h3-4,7-8H,5-6H2,1-2H3,(H,14,16)(H,17,18). The molecule has 0 saturated heterocycles. The molecule has 0 bridgehead atoms. The van der Waals surface area contributed by atoms with Crippen molar-refractivity contribution in [3.63, 3.8) is 0 Å². The van der Waals surface area contributed by atoms with E-state index >= 15 is 0 Å². The fourth-order valence-corrected chi connectivity index (χ4v) is 2.05. The number of hydrogen-bond donors (Lipinski definition) is 2. The van der Waals surface area contributed by atoms with Crippen LogP contribution in [0.4, 0.5) is 5.69 Å². The maximum Gasteiger partial charge on any atom is 0.325 e. The van der Waals surface area contributed by atoms with Crippen LogP contribution in [0.25, 0.3) is 0 Å². The Morgan fingerprint density at radius 2 is 2.17 bits per heavy atom. The van der Waals surface area contributed by atoms with Gasteiger partial charge in [0.25, 0.3) is 5.91 Å². The van der Waals surface area contributed by atoms with Crippen molar-refractivity contribution < 1.29 is 14.7 Å². The largest absolute Gasteiger partial charge is 0.480 e. The van der Waals surface area contributed by atoms with Crippen molar-refractivity contribution in [2.75, 3.05) is 18.5 Å². The van der Waals surface area contributed by atoms with Crippen molar-refractivity contribution in [1.29, 1.82) is 0 Å². The minimum Gasteiger partial charge on any atom is -0.480 e. The van der Waals surface area contributed by atoms with Crippen molar-refractivity contribution in [3.05, 3.63) is 29.3 Å². The van der Waals surface area contributed by atoms with Crippen molar-refractivity contribution in [2.24, 2.45) is 0 Å². The Balaban J connectivity index is 2.15. The number of amides is 1. The zero-order chi connectivity index (χ0) is 13.3. The average Bonchev–Trinajstić information content (AvgIpc) is 2.70. The third-order valence-corrected chi connectivity index (χ3v) is 3.19. The first-order valence-electron chi connectivity index (χ1n) is 5.87. The van der Waals surface area contributed by atoms with Crippen LogP contribution in [0.5, 0.6) is 0 Å². The first-order valence-corrected chi connectivity index (χ1v) is 5.87. The summed E-state index contributed by atoms with van der Waals surface area (Å²) in [6.45, 7) is 2.40. The number of aliphatic carboxylic acids is 1. The van der Waals surface area contributed by atoms with Gasteiger partial charge < -0.3 is 15.3 Å². The number of nitrogens with zero attached hydrogens (tertiary/aromatic N) is 1. The highest BCUT2D eigenvalue weighted by molar-refractivity contribution is 5.97. The molecule has 1 heterocycles. The average molecular weight is 248 g/mol. The van der Waals surface area contributed by atoms with E-state index in [0.29, 0.717) is 5.56 Å². The molecular formula is C13H16N2O3. The van der Waals surface area contributed by atoms with Crippen LogP contribution in [-0.4, -0.2) is 36.6 Å². The van der Waals surface area contributed by atoms with Crippen molar-refractivity contribution in [2.45, 2.75) is 19.4 Å². The number of likely N-dealkylation sites (N-methyl/N-ethyl adjacent to an activating group) is 1. The summed E-state index contributed by atoms with van der Waals surface area (Å²) < 4.78 is 0. The third-order valence-electron chi connectivity index (χ3n) is 3.19. The molecule has 1 amide bonds. The summed E-state index contributed by atoms with van der Waals surface area (Å²) in [5.41, 5.74) is 2.78. The van der Waals surface area contributed by atoms with E-state index in [9.17, 15) is 9.59 Å². The lowest BCUT2D eigenvalue weighted by molar-refractivity contribution is -0.138. The molecular weight excluding hydrogens is 232 g/mol. The summed E-state index contributed by atoms with van der Waals surface area (Å²) in [6.07, 6.45) is 0.918. The van der Waals surface area contributed by atoms with Crippen LogP contribution in [0.1, 0.15) is 22.8 Å². The molecule has 5 heteroatoms. The molecule has 1 atom stereocenters. The Kier molecular flexibility index (Phi) is 3.23. The number of carbonyl (C=O) groups is 2. The van der Waals surface area contributed by atoms with E-state index in [1.54, 1.807) is 6.07 Å². The number of carbonyl (C=O) groups excluding carboxylic acids is 1. The normalized spacial score (nSPS) is 15.1. The molecule has 96 valence electrons. The molecule has 1 aromatic rings. The van der Waals surface area contributed by atoms with E-state index in [-0.39, 0.29) is 5.91 Å². The Morgan fingerprint density at radius 3 is 2.83 bits per heavy atom. The maximum atomic E-state index is 11.9. The summed E-state index contributed by atoms with van der Waals surface area (Å²) >= 11 is 0. The molecule has 0 fully saturated rings. The van der Waals surface area contributed by atoms with Gasteiger partial charge in [-0.25, -0.2) is 0 Å². The van der Waals surface area contributed by atoms with Crippen LogP contribution >= 0.6 is 0 Å². The van der Waals surface area contributed by atoms with Crippen LogP contribution in [0.3, 0.4) is 0 Å². The van der Waals surface area contributed by atoms with Gasteiger partial charge in [-0.05, 0) is 37.1 Å². The Labute approximate surface area is 105 Å². The summed E-state index contributed by atoms with van der Waals surface area (Å²) in [6, 6.07) is 4.59. The number of rotatable bonds is 3. The molecule has 2 N–H and O–H groups in total. The Hall–Kier alpha value is -2.04. The summed E-state index contributed by atoms with van der Waals surface area (Å²) in [7, 11) is 2.01. The molecule has 1 aromatic carbocycles. The summed E-state index contributed by atoms with van der Waals surface area (Å²) in [4.78, 5) is 24.7. The van der Waals surface area contributed by atoms with Crippen LogP contribution in [0, 0.1) is 0 Å². The first-order chi connectivity index (χ1) is 8.49. The molecule has 0 aliphatic carbocycles. The van der Waals surface area contributed by atoms with Crippen LogP contribution in [-0.2, 0) is 11.2 Å². The molecule has 0 spiro atoms. The lowest BCUT2D eigenvalue weighted by Gasteiger charge is -2.13. The van der Waals surface area contributed by atoms with Gasteiger partial charge in [0, 0.05) is 24.8 Å². The molecule has 2 rings (SSSR count). The highest BCUT2D eigenvalue weighted by Crippen LogP contribution is 2.27. The molecule has 1 aliphatic heterocycles. The SMILES string of the molecule is CC(NC(=O)c1ccc2c(c1)CCN2C)C(=O)O. The zero-order valence-corrected chi connectivity index (χ0v) is 10.4. The van der Waals surface area contributed by atoms with E-state index in [1.807, 2.05) is 19.2 Å². The van der Waals surface area contributed by atoms with Gasteiger partial charge in [0.05, 0.1) is 0 Å². The second-order valence-electron chi connectivity index (χ2n) is 4.55. The van der Waals surface area contributed by atoms with Crippen molar-refractivity contribution >= 4 is 17.6 Å².